The van der Waals surface area contributed by atoms with Gasteiger partial charge >= 0.3 is 0 Å². The Bertz CT molecular complexity index is 1220. The fraction of sp³-hybridized carbons (Fsp3) is 0.296. The van der Waals surface area contributed by atoms with E-state index in [2.05, 4.69) is 76.2 Å². The van der Waals surface area contributed by atoms with Crippen LogP contribution in [0.1, 0.15) is 49.4 Å². The van der Waals surface area contributed by atoms with Crippen molar-refractivity contribution in [3.05, 3.63) is 77.0 Å². The van der Waals surface area contributed by atoms with Crippen molar-refractivity contribution in [3.63, 3.8) is 0 Å². The summed E-state index contributed by atoms with van der Waals surface area (Å²) in [4.78, 5) is 4.86. The summed E-state index contributed by atoms with van der Waals surface area (Å²) in [7, 11) is 0. The van der Waals surface area contributed by atoms with E-state index in [9.17, 15) is 0 Å². The zero-order valence-corrected chi connectivity index (χ0v) is 17.3. The van der Waals surface area contributed by atoms with E-state index >= 15 is 0 Å². The fourth-order valence-electron chi connectivity index (χ4n) is 4.92. The Morgan fingerprint density at radius 1 is 0.821 bits per heavy atom. The SMILES string of the molecule is Cc1cccc2c1ccc1c(-c3cc4c(c(C(C)(C)C)c3)CCC4)nccc12. The number of hydrogen-bond acceptors (Lipinski definition) is 1. The second kappa shape index (κ2) is 6.17. The first kappa shape index (κ1) is 17.4. The number of pyridine rings is 1. The molecule has 0 radical (unpaired) electrons. The summed E-state index contributed by atoms with van der Waals surface area (Å²) in [5.41, 5.74) is 8.46. The Labute approximate surface area is 167 Å². The lowest BCUT2D eigenvalue weighted by molar-refractivity contribution is 0.584. The van der Waals surface area contributed by atoms with Gasteiger partial charge in [0.15, 0.2) is 0 Å². The molecule has 140 valence electrons. The van der Waals surface area contributed by atoms with Crippen LogP contribution in [-0.4, -0.2) is 4.98 Å². The average molecular weight is 366 g/mol. The molecule has 0 saturated carbocycles. The van der Waals surface area contributed by atoms with Crippen LogP contribution in [0.15, 0.2) is 54.7 Å². The monoisotopic (exact) mass is 365 g/mol. The van der Waals surface area contributed by atoms with E-state index in [1.165, 1.54) is 63.1 Å². The van der Waals surface area contributed by atoms with Gasteiger partial charge in [0.25, 0.3) is 0 Å². The van der Waals surface area contributed by atoms with Gasteiger partial charge in [0.1, 0.15) is 0 Å². The second-order valence-corrected chi connectivity index (χ2v) is 9.26. The topological polar surface area (TPSA) is 12.9 Å². The predicted octanol–water partition coefficient (Wildman–Crippen LogP) is 7.15. The highest BCUT2D eigenvalue weighted by Gasteiger charge is 2.24. The first-order chi connectivity index (χ1) is 13.4. The van der Waals surface area contributed by atoms with Gasteiger partial charge in [-0.05, 0) is 88.2 Å². The van der Waals surface area contributed by atoms with E-state index in [0.717, 1.165) is 5.69 Å². The molecule has 0 atom stereocenters. The number of nitrogens with zero attached hydrogens (tertiary/aromatic N) is 1. The Morgan fingerprint density at radius 2 is 1.61 bits per heavy atom. The van der Waals surface area contributed by atoms with Crippen molar-refractivity contribution in [1.82, 2.24) is 4.98 Å². The second-order valence-electron chi connectivity index (χ2n) is 9.26. The van der Waals surface area contributed by atoms with Crippen LogP contribution in [0.4, 0.5) is 0 Å². The van der Waals surface area contributed by atoms with Crippen LogP contribution in [0.25, 0.3) is 32.8 Å². The van der Waals surface area contributed by atoms with Gasteiger partial charge in [0.2, 0.25) is 0 Å². The molecule has 1 nitrogen and oxygen atoms in total. The molecule has 1 aromatic heterocycles. The molecule has 0 fully saturated rings. The highest BCUT2D eigenvalue weighted by molar-refractivity contribution is 6.11. The average Bonchev–Trinajstić information content (AvgIpc) is 3.14. The van der Waals surface area contributed by atoms with Crippen molar-refractivity contribution in [2.75, 3.05) is 0 Å². The minimum absolute atomic E-state index is 0.152. The third-order valence-corrected chi connectivity index (χ3v) is 6.32. The molecule has 4 aromatic rings. The summed E-state index contributed by atoms with van der Waals surface area (Å²) in [6, 6.07) is 18.1. The molecular formula is C27H27N. The van der Waals surface area contributed by atoms with Crippen LogP contribution in [0.5, 0.6) is 0 Å². The standard InChI is InChI=1S/C27H27N/c1-17-7-5-10-22-20(17)11-12-24-23(22)13-14-28-26(24)19-15-18-8-6-9-21(18)25(16-19)27(2,3)4/h5,7,10-16H,6,8-9H2,1-4H3. The number of aryl methyl sites for hydroxylation is 2. The number of aromatic nitrogens is 1. The summed E-state index contributed by atoms with van der Waals surface area (Å²) >= 11 is 0. The predicted molar refractivity (Wildman–Crippen MR) is 120 cm³/mol. The molecular weight excluding hydrogens is 338 g/mol. The van der Waals surface area contributed by atoms with E-state index in [1.54, 1.807) is 5.56 Å². The van der Waals surface area contributed by atoms with Crippen LogP contribution in [0, 0.1) is 6.92 Å². The molecule has 3 aromatic carbocycles. The van der Waals surface area contributed by atoms with Crippen molar-refractivity contribution in [3.8, 4) is 11.3 Å². The van der Waals surface area contributed by atoms with Gasteiger partial charge in [0.05, 0.1) is 5.69 Å². The van der Waals surface area contributed by atoms with Crippen LogP contribution in [0.2, 0.25) is 0 Å². The van der Waals surface area contributed by atoms with Crippen molar-refractivity contribution >= 4 is 21.5 Å². The molecule has 0 saturated heterocycles. The highest BCUT2D eigenvalue weighted by Crippen LogP contribution is 2.39. The maximum Gasteiger partial charge on any atom is 0.0780 e. The molecule has 0 unspecified atom stereocenters. The maximum atomic E-state index is 4.86. The summed E-state index contributed by atoms with van der Waals surface area (Å²) in [6.07, 6.45) is 5.66. The molecule has 0 spiro atoms. The normalized spacial score (nSPS) is 14.0. The van der Waals surface area contributed by atoms with Gasteiger partial charge < -0.3 is 0 Å². The Balaban J connectivity index is 1.81. The first-order valence-corrected chi connectivity index (χ1v) is 10.4. The maximum absolute atomic E-state index is 4.86. The number of rotatable bonds is 1. The minimum atomic E-state index is 0.152. The van der Waals surface area contributed by atoms with E-state index in [1.807, 2.05) is 6.20 Å². The Kier molecular flexibility index (Phi) is 3.84. The Hall–Kier alpha value is -2.67. The van der Waals surface area contributed by atoms with E-state index in [0.29, 0.717) is 0 Å². The van der Waals surface area contributed by atoms with Gasteiger partial charge in [-0.3, -0.25) is 4.98 Å². The largest absolute Gasteiger partial charge is 0.256 e. The Morgan fingerprint density at radius 3 is 2.43 bits per heavy atom. The summed E-state index contributed by atoms with van der Waals surface area (Å²) < 4.78 is 0. The summed E-state index contributed by atoms with van der Waals surface area (Å²) in [5.74, 6) is 0. The third kappa shape index (κ3) is 2.64. The van der Waals surface area contributed by atoms with Crippen molar-refractivity contribution < 1.29 is 0 Å². The molecule has 1 aliphatic carbocycles. The molecule has 1 heteroatoms. The van der Waals surface area contributed by atoms with Crippen LogP contribution in [-0.2, 0) is 18.3 Å². The van der Waals surface area contributed by atoms with E-state index in [-0.39, 0.29) is 5.41 Å². The van der Waals surface area contributed by atoms with Crippen LogP contribution >= 0.6 is 0 Å². The zero-order valence-electron chi connectivity index (χ0n) is 17.3. The molecule has 0 N–H and O–H groups in total. The lowest BCUT2D eigenvalue weighted by Gasteiger charge is -2.24. The molecule has 0 bridgehead atoms. The van der Waals surface area contributed by atoms with Crippen LogP contribution in [0.3, 0.4) is 0 Å². The minimum Gasteiger partial charge on any atom is -0.256 e. The van der Waals surface area contributed by atoms with Crippen molar-refractivity contribution in [1.29, 1.82) is 0 Å². The first-order valence-electron chi connectivity index (χ1n) is 10.4. The quantitative estimate of drug-likeness (QED) is 0.326. The van der Waals surface area contributed by atoms with Gasteiger partial charge in [-0.15, -0.1) is 0 Å². The lowest BCUT2D eigenvalue weighted by atomic mass is 9.81. The van der Waals surface area contributed by atoms with Gasteiger partial charge in [-0.1, -0.05) is 51.1 Å². The number of hydrogen-bond donors (Lipinski definition) is 0. The third-order valence-electron chi connectivity index (χ3n) is 6.32. The van der Waals surface area contributed by atoms with E-state index in [4.69, 9.17) is 4.98 Å². The molecule has 0 aliphatic heterocycles. The fourth-order valence-corrected chi connectivity index (χ4v) is 4.92. The highest BCUT2D eigenvalue weighted by atomic mass is 14.7. The van der Waals surface area contributed by atoms with E-state index < -0.39 is 0 Å². The smallest absolute Gasteiger partial charge is 0.0780 e. The van der Waals surface area contributed by atoms with Crippen LogP contribution < -0.4 is 0 Å². The molecule has 1 heterocycles. The molecule has 0 amide bonds. The molecule has 5 rings (SSSR count). The van der Waals surface area contributed by atoms with Gasteiger partial charge in [-0.2, -0.15) is 0 Å². The van der Waals surface area contributed by atoms with Crippen molar-refractivity contribution in [2.24, 2.45) is 0 Å². The number of fused-ring (bicyclic) bond motifs is 4. The van der Waals surface area contributed by atoms with Gasteiger partial charge in [0, 0.05) is 17.1 Å². The summed E-state index contributed by atoms with van der Waals surface area (Å²) in [6.45, 7) is 9.18. The van der Waals surface area contributed by atoms with Crippen molar-refractivity contribution in [2.45, 2.75) is 52.4 Å². The summed E-state index contributed by atoms with van der Waals surface area (Å²) in [5, 5.41) is 5.19. The van der Waals surface area contributed by atoms with Gasteiger partial charge in [-0.25, -0.2) is 0 Å². The lowest BCUT2D eigenvalue weighted by Crippen LogP contribution is -2.14. The zero-order chi connectivity index (χ0) is 19.5. The molecule has 1 aliphatic rings. The number of benzene rings is 3. The molecule has 28 heavy (non-hydrogen) atoms.